The zero-order valence-corrected chi connectivity index (χ0v) is 18.7. The van der Waals surface area contributed by atoms with Crippen LogP contribution in [0.3, 0.4) is 0 Å². The van der Waals surface area contributed by atoms with Crippen LogP contribution in [-0.2, 0) is 4.43 Å². The average Bonchev–Trinajstić information content (AvgIpc) is 2.62. The van der Waals surface area contributed by atoms with Crippen LogP contribution in [0.25, 0.3) is 0 Å². The molecule has 148 valence electrons. The van der Waals surface area contributed by atoms with Crippen molar-refractivity contribution in [1.29, 1.82) is 0 Å². The first-order valence-corrected chi connectivity index (χ1v) is 12.5. The number of ether oxygens (including phenoxy) is 1. The molecule has 0 aliphatic rings. The van der Waals surface area contributed by atoms with E-state index in [-0.39, 0.29) is 23.7 Å². The van der Waals surface area contributed by atoms with E-state index in [1.807, 2.05) is 24.3 Å². The van der Waals surface area contributed by atoms with E-state index in [0.29, 0.717) is 0 Å². The first kappa shape index (κ1) is 21.7. The molecule has 1 N–H and O–H groups in total. The molecule has 0 saturated carbocycles. The maximum absolute atomic E-state index is 10.3. The predicted molar refractivity (Wildman–Crippen MR) is 115 cm³/mol. The summed E-state index contributed by atoms with van der Waals surface area (Å²) < 4.78 is 12.1. The van der Waals surface area contributed by atoms with Gasteiger partial charge in [0.2, 0.25) is 0 Å². The Bertz CT molecular complexity index is 715. The molecule has 0 bridgehead atoms. The molecular formula is C23H34O3Si. The van der Waals surface area contributed by atoms with Crippen LogP contribution in [0.15, 0.2) is 48.5 Å². The Balaban J connectivity index is 2.47. The minimum absolute atomic E-state index is 0.0361. The quantitative estimate of drug-likeness (QED) is 0.607. The molecule has 0 heterocycles. The van der Waals surface area contributed by atoms with Gasteiger partial charge in [-0.25, -0.2) is 0 Å². The summed E-state index contributed by atoms with van der Waals surface area (Å²) >= 11 is 0. The van der Waals surface area contributed by atoms with Crippen molar-refractivity contribution in [1.82, 2.24) is 0 Å². The van der Waals surface area contributed by atoms with Crippen molar-refractivity contribution in [3.8, 4) is 5.75 Å². The van der Waals surface area contributed by atoms with Gasteiger partial charge in [-0.15, -0.1) is 0 Å². The maximum Gasteiger partial charge on any atom is 0.192 e. The predicted octanol–water partition coefficient (Wildman–Crippen LogP) is 5.84. The Morgan fingerprint density at radius 3 is 1.89 bits per heavy atom. The fourth-order valence-electron chi connectivity index (χ4n) is 2.86. The van der Waals surface area contributed by atoms with Gasteiger partial charge in [0.15, 0.2) is 8.32 Å². The van der Waals surface area contributed by atoms with Crippen LogP contribution in [0.1, 0.15) is 49.5 Å². The van der Waals surface area contributed by atoms with E-state index in [1.54, 1.807) is 7.11 Å². The van der Waals surface area contributed by atoms with Gasteiger partial charge in [0, 0.05) is 5.92 Å². The van der Waals surface area contributed by atoms with Crippen LogP contribution in [0.4, 0.5) is 0 Å². The molecule has 0 spiro atoms. The smallest absolute Gasteiger partial charge is 0.192 e. The first-order valence-electron chi connectivity index (χ1n) is 9.58. The summed E-state index contributed by atoms with van der Waals surface area (Å²) in [5.74, 6) is 0.703. The third-order valence-electron chi connectivity index (χ3n) is 5.74. The lowest BCUT2D eigenvalue weighted by atomic mass is 9.89. The van der Waals surface area contributed by atoms with Crippen LogP contribution >= 0.6 is 0 Å². The fraction of sp³-hybridized carbons (Fsp3) is 0.478. The number of hydrogen-bond donors (Lipinski definition) is 1. The summed E-state index contributed by atoms with van der Waals surface area (Å²) in [7, 11) is -0.370. The number of benzene rings is 2. The van der Waals surface area contributed by atoms with Crippen molar-refractivity contribution in [3.63, 3.8) is 0 Å². The largest absolute Gasteiger partial charge is 0.497 e. The van der Waals surface area contributed by atoms with Crippen LogP contribution in [-0.4, -0.2) is 27.1 Å². The molecule has 2 aromatic rings. The zero-order valence-electron chi connectivity index (χ0n) is 17.7. The van der Waals surface area contributed by atoms with Crippen LogP contribution < -0.4 is 4.74 Å². The van der Waals surface area contributed by atoms with Gasteiger partial charge in [0.25, 0.3) is 0 Å². The molecule has 4 heteroatoms. The van der Waals surface area contributed by atoms with Crippen LogP contribution in [0, 0.1) is 6.92 Å². The number of aliphatic hydroxyl groups is 1. The van der Waals surface area contributed by atoms with E-state index in [2.05, 4.69) is 65.1 Å². The summed E-state index contributed by atoms with van der Waals surface area (Å²) in [5, 5.41) is 10.4. The van der Waals surface area contributed by atoms with Gasteiger partial charge in [-0.3, -0.25) is 0 Å². The van der Waals surface area contributed by atoms with Crippen molar-refractivity contribution in [2.45, 2.75) is 57.8 Å². The lowest BCUT2D eigenvalue weighted by molar-refractivity contribution is 0.114. The van der Waals surface area contributed by atoms with Gasteiger partial charge in [-0.05, 0) is 48.3 Å². The van der Waals surface area contributed by atoms with Gasteiger partial charge in [0.1, 0.15) is 5.75 Å². The zero-order chi connectivity index (χ0) is 20.2. The normalized spacial score (nSPS) is 14.7. The molecule has 2 rings (SSSR count). The highest BCUT2D eigenvalue weighted by Gasteiger charge is 2.41. The standard InChI is InChI=1S/C23H34O3Si/c1-17-8-10-18(11-9-17)21(16-24)22(26-27(6,7)23(2,3)4)19-12-14-20(25-5)15-13-19/h8-15,21-22,24H,16H2,1-7H3/t21-,22+/m1/s1. The van der Waals surface area contributed by atoms with E-state index in [9.17, 15) is 5.11 Å². The highest BCUT2D eigenvalue weighted by Crippen LogP contribution is 2.44. The van der Waals surface area contributed by atoms with Crippen LogP contribution in [0.2, 0.25) is 18.1 Å². The molecule has 0 radical (unpaired) electrons. The summed E-state index contributed by atoms with van der Waals surface area (Å²) in [5.41, 5.74) is 3.38. The lowest BCUT2D eigenvalue weighted by Crippen LogP contribution is -2.43. The third-order valence-corrected chi connectivity index (χ3v) is 10.2. The lowest BCUT2D eigenvalue weighted by Gasteiger charge is -2.41. The van der Waals surface area contributed by atoms with Crippen molar-refractivity contribution < 1.29 is 14.3 Å². The maximum atomic E-state index is 10.3. The number of hydrogen-bond acceptors (Lipinski definition) is 3. The number of methoxy groups -OCH3 is 1. The molecule has 0 unspecified atom stereocenters. The number of aryl methyl sites for hydroxylation is 1. The van der Waals surface area contributed by atoms with E-state index in [1.165, 1.54) is 5.56 Å². The van der Waals surface area contributed by atoms with E-state index >= 15 is 0 Å². The first-order chi connectivity index (χ1) is 12.6. The molecule has 0 aliphatic heterocycles. The third kappa shape index (κ3) is 5.22. The van der Waals surface area contributed by atoms with Crippen LogP contribution in [0.5, 0.6) is 5.75 Å². The molecule has 0 amide bonds. The SMILES string of the molecule is COc1ccc([C@H](O[Si](C)(C)C(C)(C)C)[C@H](CO)c2ccc(C)cc2)cc1. The summed E-state index contributed by atoms with van der Waals surface area (Å²) in [4.78, 5) is 0. The van der Waals surface area contributed by atoms with Gasteiger partial charge >= 0.3 is 0 Å². The van der Waals surface area contributed by atoms with Gasteiger partial charge < -0.3 is 14.3 Å². The second-order valence-electron chi connectivity index (χ2n) is 8.77. The Morgan fingerprint density at radius 2 is 1.44 bits per heavy atom. The Labute approximate surface area is 165 Å². The van der Waals surface area contributed by atoms with Crippen molar-refractivity contribution >= 4 is 8.32 Å². The molecule has 3 nitrogen and oxygen atoms in total. The second kappa shape index (κ2) is 8.59. The number of aliphatic hydroxyl groups excluding tert-OH is 1. The molecule has 0 fully saturated rings. The monoisotopic (exact) mass is 386 g/mol. The fourth-order valence-corrected chi connectivity index (χ4v) is 4.15. The average molecular weight is 387 g/mol. The molecule has 2 atom stereocenters. The Morgan fingerprint density at radius 1 is 0.926 bits per heavy atom. The summed E-state index contributed by atoms with van der Waals surface area (Å²) in [6, 6.07) is 16.4. The van der Waals surface area contributed by atoms with Crippen molar-refractivity contribution in [2.75, 3.05) is 13.7 Å². The summed E-state index contributed by atoms with van der Waals surface area (Å²) in [6.07, 6.45) is -0.204. The molecule has 0 aliphatic carbocycles. The molecule has 27 heavy (non-hydrogen) atoms. The van der Waals surface area contributed by atoms with Crippen molar-refractivity contribution in [2.24, 2.45) is 0 Å². The molecular weight excluding hydrogens is 352 g/mol. The topological polar surface area (TPSA) is 38.7 Å². The van der Waals surface area contributed by atoms with E-state index in [0.717, 1.165) is 16.9 Å². The summed E-state index contributed by atoms with van der Waals surface area (Å²) in [6.45, 7) is 13.3. The minimum Gasteiger partial charge on any atom is -0.497 e. The molecule has 0 aromatic heterocycles. The van der Waals surface area contributed by atoms with E-state index < -0.39 is 8.32 Å². The minimum atomic E-state index is -2.04. The van der Waals surface area contributed by atoms with E-state index in [4.69, 9.17) is 9.16 Å². The molecule has 0 saturated heterocycles. The van der Waals surface area contributed by atoms with Gasteiger partial charge in [0.05, 0.1) is 19.8 Å². The molecule has 2 aromatic carbocycles. The second-order valence-corrected chi connectivity index (χ2v) is 13.5. The highest BCUT2D eigenvalue weighted by molar-refractivity contribution is 6.74. The highest BCUT2D eigenvalue weighted by atomic mass is 28.4. The van der Waals surface area contributed by atoms with Gasteiger partial charge in [-0.2, -0.15) is 0 Å². The Hall–Kier alpha value is -1.62. The van der Waals surface area contributed by atoms with Gasteiger partial charge in [-0.1, -0.05) is 62.7 Å². The Kier molecular flexibility index (Phi) is 6.90. The van der Waals surface area contributed by atoms with Crippen molar-refractivity contribution in [3.05, 3.63) is 65.2 Å². The number of rotatable bonds is 7.